The van der Waals surface area contributed by atoms with Gasteiger partial charge in [-0.3, -0.25) is 4.99 Å². The van der Waals surface area contributed by atoms with Crippen molar-refractivity contribution >= 4 is 28.1 Å². The number of fused-ring (bicyclic) bond motifs is 1. The molecule has 0 unspecified atom stereocenters. The monoisotopic (exact) mass is 424 g/mol. The summed E-state index contributed by atoms with van der Waals surface area (Å²) < 4.78 is 2.36. The smallest absolute Gasteiger partial charge is 0.140 e. The number of likely N-dealkylation sites (tertiary alicyclic amines) is 1. The zero-order valence-corrected chi connectivity index (χ0v) is 19.4. The maximum absolute atomic E-state index is 5.10. The number of rotatable bonds is 7. The number of benzene rings is 1. The Balaban J connectivity index is 1.45. The topological polar surface area (TPSA) is 33.4 Å². The van der Waals surface area contributed by atoms with Crippen molar-refractivity contribution in [1.29, 1.82) is 0 Å². The average molecular weight is 425 g/mol. The lowest BCUT2D eigenvalue weighted by Crippen LogP contribution is -2.45. The second-order valence-corrected chi connectivity index (χ2v) is 9.59. The van der Waals surface area contributed by atoms with E-state index in [0.717, 1.165) is 53.9 Å². The molecule has 3 heterocycles. The lowest BCUT2D eigenvalue weighted by atomic mass is 9.92. The highest BCUT2D eigenvalue weighted by Crippen LogP contribution is 2.34. The molecule has 0 amide bonds. The second kappa shape index (κ2) is 8.09. The van der Waals surface area contributed by atoms with Crippen LogP contribution in [0.2, 0.25) is 0 Å². The highest BCUT2D eigenvalue weighted by Gasteiger charge is 2.28. The van der Waals surface area contributed by atoms with Gasteiger partial charge >= 0.3 is 0 Å². The maximum Gasteiger partial charge on any atom is 0.140 e. The van der Waals surface area contributed by atoms with Crippen LogP contribution in [0.1, 0.15) is 43.5 Å². The summed E-state index contributed by atoms with van der Waals surface area (Å²) >= 11 is 0. The molecule has 1 aromatic carbocycles. The van der Waals surface area contributed by atoms with Crippen molar-refractivity contribution in [3.63, 3.8) is 0 Å². The Bertz CT molecular complexity index is 1240. The zero-order valence-electron chi connectivity index (χ0n) is 19.4. The van der Waals surface area contributed by atoms with Crippen LogP contribution >= 0.6 is 0 Å². The van der Waals surface area contributed by atoms with Crippen LogP contribution in [0.4, 0.5) is 5.69 Å². The molecule has 164 valence electrons. The quantitative estimate of drug-likeness (QED) is 0.326. The van der Waals surface area contributed by atoms with E-state index in [4.69, 9.17) is 4.99 Å². The van der Waals surface area contributed by atoms with Crippen LogP contribution in [0, 0.1) is 18.8 Å². The fraction of sp³-hybridized carbons (Fsp3) is 0.357. The predicted octanol–water partition coefficient (Wildman–Crippen LogP) is 6.37. The van der Waals surface area contributed by atoms with Crippen LogP contribution in [-0.4, -0.2) is 33.3 Å². The Kier molecular flexibility index (Phi) is 5.24. The van der Waals surface area contributed by atoms with E-state index < -0.39 is 0 Å². The molecule has 0 N–H and O–H groups in total. The molecular weight excluding hydrogens is 392 g/mol. The number of nitrogens with zero attached hydrogens (tertiary/aromatic N) is 4. The van der Waals surface area contributed by atoms with Gasteiger partial charge in [-0.2, -0.15) is 0 Å². The third kappa shape index (κ3) is 3.90. The first-order valence-electron chi connectivity index (χ1n) is 11.6. The first-order chi connectivity index (χ1) is 15.4. The highest BCUT2D eigenvalue weighted by molar-refractivity contribution is 6.03. The SMILES string of the molecule is C=C(C)C1CN(C(=C)c2ccc(C)c(N=C(C)c3cc4cccnc4n3CC3CC3)c2)C1. The lowest BCUT2D eigenvalue weighted by Gasteiger charge is -2.42. The molecule has 0 atom stereocenters. The van der Waals surface area contributed by atoms with E-state index in [0.29, 0.717) is 5.92 Å². The zero-order chi connectivity index (χ0) is 22.4. The number of hydrogen-bond donors (Lipinski definition) is 0. The van der Waals surface area contributed by atoms with Crippen molar-refractivity contribution in [1.82, 2.24) is 14.5 Å². The van der Waals surface area contributed by atoms with E-state index in [-0.39, 0.29) is 0 Å². The summed E-state index contributed by atoms with van der Waals surface area (Å²) in [5.74, 6) is 1.35. The van der Waals surface area contributed by atoms with E-state index >= 15 is 0 Å². The summed E-state index contributed by atoms with van der Waals surface area (Å²) in [5, 5.41) is 1.18. The molecule has 0 bridgehead atoms. The Labute approximate surface area is 191 Å². The molecule has 1 aliphatic heterocycles. The third-order valence-corrected chi connectivity index (χ3v) is 6.95. The Hall–Kier alpha value is -3.14. The summed E-state index contributed by atoms with van der Waals surface area (Å²) in [7, 11) is 0. The molecule has 1 saturated heterocycles. The molecule has 32 heavy (non-hydrogen) atoms. The molecule has 1 aliphatic carbocycles. The summed E-state index contributed by atoms with van der Waals surface area (Å²) in [6.45, 7) is 17.9. The van der Waals surface area contributed by atoms with Gasteiger partial charge in [0.2, 0.25) is 0 Å². The minimum atomic E-state index is 0.582. The van der Waals surface area contributed by atoms with Crippen molar-refractivity contribution in [3.05, 3.63) is 78.1 Å². The molecule has 0 spiro atoms. The van der Waals surface area contributed by atoms with Gasteiger partial charge in [0.1, 0.15) is 5.65 Å². The summed E-state index contributed by atoms with van der Waals surface area (Å²) in [4.78, 5) is 12.1. The second-order valence-electron chi connectivity index (χ2n) is 9.59. The van der Waals surface area contributed by atoms with Crippen molar-refractivity contribution in [2.45, 2.75) is 40.2 Å². The van der Waals surface area contributed by atoms with E-state index in [1.54, 1.807) is 0 Å². The van der Waals surface area contributed by atoms with Gasteiger partial charge in [-0.15, -0.1) is 0 Å². The van der Waals surface area contributed by atoms with Gasteiger partial charge in [-0.25, -0.2) is 4.98 Å². The summed E-state index contributed by atoms with van der Waals surface area (Å²) in [6.07, 6.45) is 4.51. The standard InChI is InChI=1S/C28H32N4/c1-18(2)25-16-31(17-25)21(5)23-11-8-19(3)26(13-23)30-20(4)27-14-24-7-6-12-29-28(24)32(27)15-22-9-10-22/h6-8,11-14,22,25H,1,5,9-10,15-17H2,2-4H3. The van der Waals surface area contributed by atoms with Crippen LogP contribution in [0.15, 0.2) is 66.3 Å². The number of aryl methyl sites for hydroxylation is 1. The number of pyridine rings is 1. The van der Waals surface area contributed by atoms with E-state index in [1.807, 2.05) is 12.3 Å². The Morgan fingerprint density at radius 2 is 1.91 bits per heavy atom. The first kappa shape index (κ1) is 20.7. The van der Waals surface area contributed by atoms with Gasteiger partial charge in [-0.1, -0.05) is 30.9 Å². The molecule has 5 rings (SSSR count). The van der Waals surface area contributed by atoms with Gasteiger partial charge in [0, 0.05) is 42.8 Å². The molecule has 4 heteroatoms. The van der Waals surface area contributed by atoms with Crippen LogP contribution < -0.4 is 0 Å². The number of aliphatic imine (C=N–C) groups is 1. The van der Waals surface area contributed by atoms with Crippen LogP contribution in [-0.2, 0) is 6.54 Å². The predicted molar refractivity (Wildman–Crippen MR) is 134 cm³/mol. The molecule has 4 nitrogen and oxygen atoms in total. The number of hydrogen-bond acceptors (Lipinski definition) is 3. The largest absolute Gasteiger partial charge is 0.370 e. The minimum Gasteiger partial charge on any atom is -0.370 e. The maximum atomic E-state index is 5.10. The van der Waals surface area contributed by atoms with E-state index in [9.17, 15) is 0 Å². The molecule has 2 aliphatic rings. The fourth-order valence-corrected chi connectivity index (χ4v) is 4.47. The van der Waals surface area contributed by atoms with Crippen molar-refractivity contribution < 1.29 is 0 Å². The van der Waals surface area contributed by atoms with Crippen molar-refractivity contribution in [2.75, 3.05) is 13.1 Å². The van der Waals surface area contributed by atoms with Crippen LogP contribution in [0.3, 0.4) is 0 Å². The van der Waals surface area contributed by atoms with Crippen LogP contribution in [0.5, 0.6) is 0 Å². The minimum absolute atomic E-state index is 0.582. The summed E-state index contributed by atoms with van der Waals surface area (Å²) in [6, 6.07) is 12.9. The average Bonchev–Trinajstić information content (AvgIpc) is 3.47. The van der Waals surface area contributed by atoms with Gasteiger partial charge in [0.05, 0.1) is 17.1 Å². The molecule has 0 radical (unpaired) electrons. The van der Waals surface area contributed by atoms with Gasteiger partial charge in [0.15, 0.2) is 0 Å². The van der Waals surface area contributed by atoms with Crippen molar-refractivity contribution in [2.24, 2.45) is 16.8 Å². The van der Waals surface area contributed by atoms with Gasteiger partial charge < -0.3 is 9.47 Å². The Morgan fingerprint density at radius 1 is 1.12 bits per heavy atom. The van der Waals surface area contributed by atoms with Gasteiger partial charge in [0.25, 0.3) is 0 Å². The molecule has 1 saturated carbocycles. The van der Waals surface area contributed by atoms with Crippen molar-refractivity contribution in [3.8, 4) is 0 Å². The Morgan fingerprint density at radius 3 is 2.62 bits per heavy atom. The number of aromatic nitrogens is 2. The normalized spacial score (nSPS) is 17.0. The van der Waals surface area contributed by atoms with Crippen LogP contribution in [0.25, 0.3) is 16.7 Å². The fourth-order valence-electron chi connectivity index (χ4n) is 4.47. The van der Waals surface area contributed by atoms with E-state index in [2.05, 4.69) is 78.7 Å². The summed E-state index contributed by atoms with van der Waals surface area (Å²) in [5.41, 5.74) is 8.91. The highest BCUT2D eigenvalue weighted by atomic mass is 15.2. The first-order valence-corrected chi connectivity index (χ1v) is 11.6. The molecular formula is C28H32N4. The van der Waals surface area contributed by atoms with E-state index in [1.165, 1.54) is 35.1 Å². The molecule has 3 aromatic rings. The molecule has 2 fully saturated rings. The lowest BCUT2D eigenvalue weighted by molar-refractivity contribution is 0.206. The van der Waals surface area contributed by atoms with Gasteiger partial charge in [-0.05, 0) is 74.9 Å². The molecule has 2 aromatic heterocycles. The third-order valence-electron chi connectivity index (χ3n) is 6.95.